The van der Waals surface area contributed by atoms with Gasteiger partial charge < -0.3 is 19.9 Å². The molecule has 0 saturated heterocycles. The highest BCUT2D eigenvalue weighted by Crippen LogP contribution is 2.30. The standard InChI is InChI=1S/C21H17NO5/c1-26-17-6-4-5-15(13-17)20(23)22-18-7-2-3-8-19(18)27-16-11-9-14(10-12-16)21(24)25/h2-13H,1H3,(H,22,23)(H,24,25). The molecule has 0 bridgehead atoms. The van der Waals surface area contributed by atoms with Gasteiger partial charge in [0, 0.05) is 5.56 Å². The fraction of sp³-hybridized carbons (Fsp3) is 0.0476. The Morgan fingerprint density at radius 3 is 2.30 bits per heavy atom. The van der Waals surface area contributed by atoms with Gasteiger partial charge in [0.2, 0.25) is 0 Å². The molecule has 0 unspecified atom stereocenters. The highest BCUT2D eigenvalue weighted by Gasteiger charge is 2.11. The number of methoxy groups -OCH3 is 1. The highest BCUT2D eigenvalue weighted by molar-refractivity contribution is 6.05. The first-order valence-corrected chi connectivity index (χ1v) is 8.12. The molecule has 0 saturated carbocycles. The summed E-state index contributed by atoms with van der Waals surface area (Å²) in [6, 6.07) is 19.8. The van der Waals surface area contributed by atoms with Gasteiger partial charge in [0.25, 0.3) is 5.91 Å². The van der Waals surface area contributed by atoms with E-state index in [9.17, 15) is 9.59 Å². The molecule has 0 fully saturated rings. The number of amides is 1. The maximum Gasteiger partial charge on any atom is 0.335 e. The lowest BCUT2D eigenvalue weighted by molar-refractivity contribution is 0.0696. The van der Waals surface area contributed by atoms with E-state index in [-0.39, 0.29) is 11.5 Å². The fourth-order valence-electron chi connectivity index (χ4n) is 2.41. The normalized spacial score (nSPS) is 10.1. The number of carbonyl (C=O) groups excluding carboxylic acids is 1. The Morgan fingerprint density at radius 1 is 0.852 bits per heavy atom. The monoisotopic (exact) mass is 363 g/mol. The number of ether oxygens (including phenoxy) is 2. The number of hydrogen-bond donors (Lipinski definition) is 2. The van der Waals surface area contributed by atoms with E-state index >= 15 is 0 Å². The lowest BCUT2D eigenvalue weighted by Gasteiger charge is -2.12. The van der Waals surface area contributed by atoms with Crippen LogP contribution in [0.3, 0.4) is 0 Å². The number of nitrogens with one attached hydrogen (secondary N) is 1. The van der Waals surface area contributed by atoms with Crippen molar-refractivity contribution in [2.75, 3.05) is 12.4 Å². The molecule has 2 N–H and O–H groups in total. The smallest absolute Gasteiger partial charge is 0.335 e. The summed E-state index contributed by atoms with van der Waals surface area (Å²) in [5.41, 5.74) is 1.12. The van der Waals surface area contributed by atoms with Crippen LogP contribution in [0.25, 0.3) is 0 Å². The predicted molar refractivity (Wildman–Crippen MR) is 101 cm³/mol. The van der Waals surface area contributed by atoms with Crippen LogP contribution in [0.15, 0.2) is 72.8 Å². The maximum absolute atomic E-state index is 12.5. The van der Waals surface area contributed by atoms with Crippen molar-refractivity contribution in [3.63, 3.8) is 0 Å². The van der Waals surface area contributed by atoms with Gasteiger partial charge in [0.15, 0.2) is 5.75 Å². The van der Waals surface area contributed by atoms with Gasteiger partial charge in [0.05, 0.1) is 18.4 Å². The number of rotatable bonds is 6. The second kappa shape index (κ2) is 8.05. The summed E-state index contributed by atoms with van der Waals surface area (Å²) in [6.45, 7) is 0. The third kappa shape index (κ3) is 4.43. The Bertz CT molecular complexity index is 966. The van der Waals surface area contributed by atoms with Crippen LogP contribution in [-0.2, 0) is 0 Å². The number of benzene rings is 3. The minimum Gasteiger partial charge on any atom is -0.497 e. The first-order valence-electron chi connectivity index (χ1n) is 8.12. The molecule has 0 radical (unpaired) electrons. The van der Waals surface area contributed by atoms with Crippen LogP contribution in [-0.4, -0.2) is 24.1 Å². The largest absolute Gasteiger partial charge is 0.497 e. The maximum atomic E-state index is 12.5. The zero-order chi connectivity index (χ0) is 19.2. The number of carboxylic acids is 1. The van der Waals surface area contributed by atoms with Gasteiger partial charge in [-0.2, -0.15) is 0 Å². The van der Waals surface area contributed by atoms with Gasteiger partial charge in [-0.3, -0.25) is 4.79 Å². The molecule has 27 heavy (non-hydrogen) atoms. The minimum atomic E-state index is -1.01. The zero-order valence-corrected chi connectivity index (χ0v) is 14.5. The van der Waals surface area contributed by atoms with Crippen molar-refractivity contribution in [2.24, 2.45) is 0 Å². The molecule has 1 amide bonds. The molecule has 0 aliphatic heterocycles. The number of carbonyl (C=O) groups is 2. The summed E-state index contributed by atoms with van der Waals surface area (Å²) in [5, 5.41) is 11.8. The molecule has 3 aromatic carbocycles. The van der Waals surface area contributed by atoms with Crippen molar-refractivity contribution in [1.82, 2.24) is 0 Å². The first-order chi connectivity index (χ1) is 13.1. The summed E-state index contributed by atoms with van der Waals surface area (Å²) >= 11 is 0. The van der Waals surface area contributed by atoms with Crippen LogP contribution in [0.4, 0.5) is 5.69 Å². The second-order valence-electron chi connectivity index (χ2n) is 5.61. The molecule has 0 atom stereocenters. The van der Waals surface area contributed by atoms with E-state index in [0.717, 1.165) is 0 Å². The van der Waals surface area contributed by atoms with Gasteiger partial charge in [-0.05, 0) is 54.6 Å². The van der Waals surface area contributed by atoms with E-state index in [0.29, 0.717) is 28.5 Å². The fourth-order valence-corrected chi connectivity index (χ4v) is 2.41. The third-order valence-electron chi connectivity index (χ3n) is 3.80. The van der Waals surface area contributed by atoms with Crippen LogP contribution in [0, 0.1) is 0 Å². The highest BCUT2D eigenvalue weighted by atomic mass is 16.5. The van der Waals surface area contributed by atoms with Crippen LogP contribution in [0.2, 0.25) is 0 Å². The van der Waals surface area contributed by atoms with Gasteiger partial charge >= 0.3 is 5.97 Å². The zero-order valence-electron chi connectivity index (χ0n) is 14.5. The second-order valence-corrected chi connectivity index (χ2v) is 5.61. The van der Waals surface area contributed by atoms with E-state index in [1.165, 1.54) is 19.2 Å². The van der Waals surface area contributed by atoms with Crippen LogP contribution in [0.1, 0.15) is 20.7 Å². The molecule has 3 rings (SSSR count). The number of hydrogen-bond acceptors (Lipinski definition) is 4. The van der Waals surface area contributed by atoms with E-state index in [4.69, 9.17) is 14.6 Å². The SMILES string of the molecule is COc1cccc(C(=O)Nc2ccccc2Oc2ccc(C(=O)O)cc2)c1. The molecule has 0 aliphatic rings. The quantitative estimate of drug-likeness (QED) is 0.676. The van der Waals surface area contributed by atoms with Crippen molar-refractivity contribution in [3.05, 3.63) is 83.9 Å². The van der Waals surface area contributed by atoms with Crippen LogP contribution < -0.4 is 14.8 Å². The molecule has 136 valence electrons. The molecule has 0 aromatic heterocycles. The Morgan fingerprint density at radius 2 is 1.59 bits per heavy atom. The lowest BCUT2D eigenvalue weighted by atomic mass is 10.2. The summed E-state index contributed by atoms with van der Waals surface area (Å²) in [7, 11) is 1.54. The van der Waals surface area contributed by atoms with Gasteiger partial charge in [-0.25, -0.2) is 4.79 Å². The first kappa shape index (κ1) is 18.0. The van der Waals surface area contributed by atoms with Crippen molar-refractivity contribution >= 4 is 17.6 Å². The van der Waals surface area contributed by atoms with Gasteiger partial charge in [-0.15, -0.1) is 0 Å². The van der Waals surface area contributed by atoms with Gasteiger partial charge in [-0.1, -0.05) is 18.2 Å². The Labute approximate surface area is 156 Å². The third-order valence-corrected chi connectivity index (χ3v) is 3.80. The minimum absolute atomic E-state index is 0.168. The van der Waals surface area contributed by atoms with Crippen molar-refractivity contribution in [3.8, 4) is 17.2 Å². The number of anilines is 1. The average molecular weight is 363 g/mol. The Hall–Kier alpha value is -3.80. The van der Waals surface area contributed by atoms with E-state index in [1.54, 1.807) is 60.7 Å². The molecule has 6 nitrogen and oxygen atoms in total. The molecule has 6 heteroatoms. The van der Waals surface area contributed by atoms with Crippen molar-refractivity contribution in [2.45, 2.75) is 0 Å². The van der Waals surface area contributed by atoms with Crippen molar-refractivity contribution in [1.29, 1.82) is 0 Å². The molecular formula is C21H17NO5. The summed E-state index contributed by atoms with van der Waals surface area (Å²) in [4.78, 5) is 23.4. The molecule has 0 aliphatic carbocycles. The Balaban J connectivity index is 1.79. The predicted octanol–water partition coefficient (Wildman–Crippen LogP) is 4.44. The molecule has 3 aromatic rings. The lowest BCUT2D eigenvalue weighted by Crippen LogP contribution is -2.12. The number of para-hydroxylation sites is 2. The summed E-state index contributed by atoms with van der Waals surface area (Å²) in [6.07, 6.45) is 0. The van der Waals surface area contributed by atoms with Crippen molar-refractivity contribution < 1.29 is 24.2 Å². The van der Waals surface area contributed by atoms with Crippen LogP contribution in [0.5, 0.6) is 17.2 Å². The van der Waals surface area contributed by atoms with E-state index in [1.807, 2.05) is 0 Å². The summed E-state index contributed by atoms with van der Waals surface area (Å²) in [5.74, 6) is 0.185. The number of carboxylic acid groups (broad SMARTS) is 1. The molecule has 0 spiro atoms. The molecule has 0 heterocycles. The average Bonchev–Trinajstić information content (AvgIpc) is 2.70. The van der Waals surface area contributed by atoms with Crippen LogP contribution >= 0.6 is 0 Å². The summed E-state index contributed by atoms with van der Waals surface area (Å²) < 4.78 is 10.9. The topological polar surface area (TPSA) is 84.9 Å². The number of aromatic carboxylic acids is 1. The van der Waals surface area contributed by atoms with E-state index < -0.39 is 5.97 Å². The Kier molecular flexibility index (Phi) is 5.37. The molecular weight excluding hydrogens is 346 g/mol. The van der Waals surface area contributed by atoms with Gasteiger partial charge in [0.1, 0.15) is 11.5 Å². The van der Waals surface area contributed by atoms with E-state index in [2.05, 4.69) is 5.32 Å².